The molecule has 0 aromatic carbocycles. The molecule has 0 atom stereocenters. The van der Waals surface area contributed by atoms with Crippen LogP contribution in [-0.4, -0.2) is 56.5 Å². The zero-order chi connectivity index (χ0) is 13.0. The van der Waals surface area contributed by atoms with Gasteiger partial charge in [0.05, 0.1) is 11.5 Å². The molecule has 0 amide bonds. The predicted octanol–water partition coefficient (Wildman–Crippen LogP) is 1.03. The molecule has 106 valence electrons. The summed E-state index contributed by atoms with van der Waals surface area (Å²) < 4.78 is 23.2. The van der Waals surface area contributed by atoms with Gasteiger partial charge >= 0.3 is 0 Å². The molecule has 2 rings (SSSR count). The molecule has 4 nitrogen and oxygen atoms in total. The van der Waals surface area contributed by atoms with Gasteiger partial charge < -0.3 is 5.32 Å². The molecule has 1 saturated carbocycles. The molecule has 0 radical (unpaired) electrons. The van der Waals surface area contributed by atoms with Crippen LogP contribution in [0.1, 0.15) is 39.0 Å². The standard InChI is InChI=1S/C13H26N2O2S/c1-2-14-12-4-6-13(7-5-12)15-8-3-10-18(16,17)11-9-15/h12-14H,2-11H2,1H3. The summed E-state index contributed by atoms with van der Waals surface area (Å²) in [5.74, 6) is 0.746. The van der Waals surface area contributed by atoms with Crippen LogP contribution in [0.3, 0.4) is 0 Å². The van der Waals surface area contributed by atoms with Crippen LogP contribution >= 0.6 is 0 Å². The van der Waals surface area contributed by atoms with E-state index in [1.807, 2.05) is 0 Å². The van der Waals surface area contributed by atoms with E-state index in [1.165, 1.54) is 25.7 Å². The number of hydrogen-bond acceptors (Lipinski definition) is 4. The summed E-state index contributed by atoms with van der Waals surface area (Å²) >= 11 is 0. The molecule has 0 bridgehead atoms. The summed E-state index contributed by atoms with van der Waals surface area (Å²) in [6, 6.07) is 1.30. The monoisotopic (exact) mass is 274 g/mol. The van der Waals surface area contributed by atoms with Crippen LogP contribution in [0.5, 0.6) is 0 Å². The maximum absolute atomic E-state index is 11.6. The van der Waals surface area contributed by atoms with Gasteiger partial charge in [-0.3, -0.25) is 4.90 Å². The van der Waals surface area contributed by atoms with E-state index in [-0.39, 0.29) is 0 Å². The van der Waals surface area contributed by atoms with E-state index in [1.54, 1.807) is 0 Å². The molecule has 0 spiro atoms. The fourth-order valence-electron chi connectivity index (χ4n) is 3.26. The third-order valence-electron chi connectivity index (χ3n) is 4.30. The van der Waals surface area contributed by atoms with Gasteiger partial charge in [-0.1, -0.05) is 6.92 Å². The topological polar surface area (TPSA) is 49.4 Å². The highest BCUT2D eigenvalue weighted by molar-refractivity contribution is 7.91. The Morgan fingerprint density at radius 1 is 1.11 bits per heavy atom. The molecule has 1 aliphatic heterocycles. The van der Waals surface area contributed by atoms with Crippen molar-refractivity contribution in [1.82, 2.24) is 10.2 Å². The Morgan fingerprint density at radius 2 is 1.83 bits per heavy atom. The highest BCUT2D eigenvalue weighted by Gasteiger charge is 2.28. The van der Waals surface area contributed by atoms with E-state index < -0.39 is 9.84 Å². The van der Waals surface area contributed by atoms with Gasteiger partial charge in [0.2, 0.25) is 0 Å². The summed E-state index contributed by atoms with van der Waals surface area (Å²) in [7, 11) is -2.76. The maximum Gasteiger partial charge on any atom is 0.151 e. The molecule has 18 heavy (non-hydrogen) atoms. The lowest BCUT2D eigenvalue weighted by Gasteiger charge is -2.36. The summed E-state index contributed by atoms with van der Waals surface area (Å²) in [6.07, 6.45) is 5.73. The molecule has 1 N–H and O–H groups in total. The number of nitrogens with one attached hydrogen (secondary N) is 1. The van der Waals surface area contributed by atoms with E-state index in [0.29, 0.717) is 23.6 Å². The van der Waals surface area contributed by atoms with Crippen LogP contribution in [0, 0.1) is 0 Å². The van der Waals surface area contributed by atoms with Crippen molar-refractivity contribution >= 4 is 9.84 Å². The number of hydrogen-bond donors (Lipinski definition) is 1. The Hall–Kier alpha value is -0.130. The largest absolute Gasteiger partial charge is 0.314 e. The summed E-state index contributed by atoms with van der Waals surface area (Å²) in [6.45, 7) is 4.93. The first-order valence-electron chi connectivity index (χ1n) is 7.28. The number of rotatable bonds is 3. The van der Waals surface area contributed by atoms with Crippen LogP contribution < -0.4 is 5.32 Å². The molecule has 0 aromatic heterocycles. The van der Waals surface area contributed by atoms with E-state index in [0.717, 1.165) is 26.1 Å². The predicted molar refractivity (Wildman–Crippen MR) is 74.6 cm³/mol. The summed E-state index contributed by atoms with van der Waals surface area (Å²) in [4.78, 5) is 2.42. The van der Waals surface area contributed by atoms with Gasteiger partial charge in [-0.15, -0.1) is 0 Å². The molecule has 2 aliphatic rings. The second-order valence-electron chi connectivity index (χ2n) is 5.60. The summed E-state index contributed by atoms with van der Waals surface area (Å²) in [5, 5.41) is 3.52. The Morgan fingerprint density at radius 3 is 2.50 bits per heavy atom. The fourth-order valence-corrected chi connectivity index (χ4v) is 4.54. The van der Waals surface area contributed by atoms with Crippen molar-refractivity contribution < 1.29 is 8.42 Å². The van der Waals surface area contributed by atoms with Crippen molar-refractivity contribution in [1.29, 1.82) is 0 Å². The molecule has 1 aliphatic carbocycles. The normalized spacial score (nSPS) is 34.1. The molecular weight excluding hydrogens is 248 g/mol. The minimum absolute atomic E-state index is 0.361. The van der Waals surface area contributed by atoms with Crippen molar-refractivity contribution in [3.8, 4) is 0 Å². The van der Waals surface area contributed by atoms with Gasteiger partial charge in [0.1, 0.15) is 0 Å². The Balaban J connectivity index is 1.82. The Bertz CT molecular complexity index is 348. The minimum Gasteiger partial charge on any atom is -0.314 e. The lowest BCUT2D eigenvalue weighted by molar-refractivity contribution is 0.154. The first kappa shape index (κ1) is 14.3. The second kappa shape index (κ2) is 6.35. The van der Waals surface area contributed by atoms with Gasteiger partial charge in [-0.2, -0.15) is 0 Å². The zero-order valence-corrected chi connectivity index (χ0v) is 12.2. The van der Waals surface area contributed by atoms with Crippen molar-refractivity contribution in [2.45, 2.75) is 51.1 Å². The quantitative estimate of drug-likeness (QED) is 0.835. The molecule has 1 heterocycles. The van der Waals surface area contributed by atoms with Crippen LogP contribution in [0.25, 0.3) is 0 Å². The van der Waals surface area contributed by atoms with Crippen LogP contribution in [0.15, 0.2) is 0 Å². The van der Waals surface area contributed by atoms with Gasteiger partial charge in [-0.05, 0) is 45.2 Å². The molecule has 0 aromatic rings. The van der Waals surface area contributed by atoms with Crippen LogP contribution in [0.2, 0.25) is 0 Å². The van der Waals surface area contributed by atoms with Crippen LogP contribution in [-0.2, 0) is 9.84 Å². The number of nitrogens with zero attached hydrogens (tertiary/aromatic N) is 1. The molecule has 5 heteroatoms. The van der Waals surface area contributed by atoms with Gasteiger partial charge in [-0.25, -0.2) is 8.42 Å². The highest BCUT2D eigenvalue weighted by Crippen LogP contribution is 2.24. The Kier molecular flexibility index (Phi) is 5.04. The van der Waals surface area contributed by atoms with Crippen molar-refractivity contribution in [2.75, 3.05) is 31.1 Å². The van der Waals surface area contributed by atoms with Crippen molar-refractivity contribution in [3.63, 3.8) is 0 Å². The number of sulfone groups is 1. The lowest BCUT2D eigenvalue weighted by atomic mass is 9.90. The highest BCUT2D eigenvalue weighted by atomic mass is 32.2. The van der Waals surface area contributed by atoms with Gasteiger partial charge in [0, 0.05) is 18.6 Å². The fraction of sp³-hybridized carbons (Fsp3) is 1.00. The van der Waals surface area contributed by atoms with E-state index in [2.05, 4.69) is 17.1 Å². The molecule has 0 unspecified atom stereocenters. The van der Waals surface area contributed by atoms with E-state index in [4.69, 9.17) is 0 Å². The Labute approximate surface area is 111 Å². The summed E-state index contributed by atoms with van der Waals surface area (Å²) in [5.41, 5.74) is 0. The van der Waals surface area contributed by atoms with Gasteiger partial charge in [0.15, 0.2) is 9.84 Å². The minimum atomic E-state index is -2.76. The zero-order valence-electron chi connectivity index (χ0n) is 11.4. The average Bonchev–Trinajstić information content (AvgIpc) is 2.52. The smallest absolute Gasteiger partial charge is 0.151 e. The third kappa shape index (κ3) is 3.93. The van der Waals surface area contributed by atoms with Crippen molar-refractivity contribution in [3.05, 3.63) is 0 Å². The molecular formula is C13H26N2O2S. The van der Waals surface area contributed by atoms with E-state index >= 15 is 0 Å². The van der Waals surface area contributed by atoms with Gasteiger partial charge in [0.25, 0.3) is 0 Å². The molecule has 2 fully saturated rings. The lowest BCUT2D eigenvalue weighted by Crippen LogP contribution is -2.43. The second-order valence-corrected chi connectivity index (χ2v) is 7.91. The van der Waals surface area contributed by atoms with E-state index in [9.17, 15) is 8.42 Å². The third-order valence-corrected chi connectivity index (χ3v) is 6.01. The average molecular weight is 274 g/mol. The SMILES string of the molecule is CCNC1CCC(N2CCCS(=O)(=O)CC2)CC1. The first-order chi connectivity index (χ1) is 8.61. The first-order valence-corrected chi connectivity index (χ1v) is 9.11. The van der Waals surface area contributed by atoms with Crippen molar-refractivity contribution in [2.24, 2.45) is 0 Å². The molecule has 1 saturated heterocycles. The van der Waals surface area contributed by atoms with Crippen LogP contribution in [0.4, 0.5) is 0 Å². The maximum atomic E-state index is 11.6.